The highest BCUT2D eigenvalue weighted by atomic mass is 19.1. The smallest absolute Gasteiger partial charge is 0.331 e. The van der Waals surface area contributed by atoms with Crippen molar-refractivity contribution in [3.05, 3.63) is 46.3 Å². The molecule has 3 aromatic rings. The van der Waals surface area contributed by atoms with Crippen molar-refractivity contribution in [3.63, 3.8) is 0 Å². The van der Waals surface area contributed by atoms with Crippen LogP contribution in [0.4, 0.5) is 4.39 Å². The molecule has 3 rings (SSSR count). The standard InChI is InChI=1S/C21H25FN6O3/c1-5-26(6-2)15(29)11-27-17-16(18(23)30)24-19(13-8-7-9-14(22)10-13)25-20(17)28(12(3)4)21(27)31/h7-10,12H,5-6,11H2,1-4H3,(H2,23,30). The van der Waals surface area contributed by atoms with Gasteiger partial charge in [0.25, 0.3) is 5.91 Å². The first-order chi connectivity index (χ1) is 14.7. The first-order valence-electron chi connectivity index (χ1n) is 10.1. The molecule has 0 unspecified atom stereocenters. The summed E-state index contributed by atoms with van der Waals surface area (Å²) >= 11 is 0. The van der Waals surface area contributed by atoms with Crippen LogP contribution in [0.3, 0.4) is 0 Å². The van der Waals surface area contributed by atoms with Crippen LogP contribution >= 0.6 is 0 Å². The van der Waals surface area contributed by atoms with Gasteiger partial charge < -0.3 is 10.6 Å². The van der Waals surface area contributed by atoms with Crippen LogP contribution in [0.15, 0.2) is 29.1 Å². The third kappa shape index (κ3) is 4.05. The van der Waals surface area contributed by atoms with Crippen LogP contribution in [0.25, 0.3) is 22.6 Å². The van der Waals surface area contributed by atoms with Crippen LogP contribution in [0, 0.1) is 5.82 Å². The second-order valence-electron chi connectivity index (χ2n) is 7.34. The summed E-state index contributed by atoms with van der Waals surface area (Å²) in [5, 5.41) is 0. The summed E-state index contributed by atoms with van der Waals surface area (Å²) in [6.07, 6.45) is 0. The van der Waals surface area contributed by atoms with Crippen LogP contribution in [-0.4, -0.2) is 48.9 Å². The van der Waals surface area contributed by atoms with E-state index in [-0.39, 0.29) is 41.2 Å². The van der Waals surface area contributed by atoms with Gasteiger partial charge in [0.05, 0.1) is 0 Å². The van der Waals surface area contributed by atoms with E-state index < -0.39 is 17.4 Å². The zero-order valence-corrected chi connectivity index (χ0v) is 17.9. The lowest BCUT2D eigenvalue weighted by molar-refractivity contribution is -0.131. The fourth-order valence-corrected chi connectivity index (χ4v) is 3.53. The first-order valence-corrected chi connectivity index (χ1v) is 10.1. The third-order valence-corrected chi connectivity index (χ3v) is 5.04. The molecular formula is C21H25FN6O3. The van der Waals surface area contributed by atoms with Gasteiger partial charge in [-0.15, -0.1) is 0 Å². The lowest BCUT2D eigenvalue weighted by Crippen LogP contribution is -2.37. The minimum atomic E-state index is -0.880. The number of nitrogens with two attached hydrogens (primary N) is 1. The second-order valence-corrected chi connectivity index (χ2v) is 7.34. The van der Waals surface area contributed by atoms with Gasteiger partial charge in [0.2, 0.25) is 5.91 Å². The minimum Gasteiger partial charge on any atom is -0.364 e. The van der Waals surface area contributed by atoms with Crippen molar-refractivity contribution in [3.8, 4) is 11.4 Å². The number of hydrogen-bond donors (Lipinski definition) is 1. The van der Waals surface area contributed by atoms with Gasteiger partial charge >= 0.3 is 5.69 Å². The number of halogens is 1. The van der Waals surface area contributed by atoms with Gasteiger partial charge in [-0.1, -0.05) is 12.1 Å². The van der Waals surface area contributed by atoms with Crippen molar-refractivity contribution in [2.45, 2.75) is 40.3 Å². The number of nitrogens with zero attached hydrogens (tertiary/aromatic N) is 5. The van der Waals surface area contributed by atoms with Crippen molar-refractivity contribution in [1.29, 1.82) is 0 Å². The second kappa shape index (κ2) is 8.66. The van der Waals surface area contributed by atoms with E-state index >= 15 is 0 Å². The molecule has 2 N–H and O–H groups in total. The van der Waals surface area contributed by atoms with E-state index in [1.54, 1.807) is 24.8 Å². The molecule has 2 heterocycles. The Morgan fingerprint density at radius 2 is 1.87 bits per heavy atom. The van der Waals surface area contributed by atoms with Crippen LogP contribution in [0.1, 0.15) is 44.2 Å². The number of benzene rings is 1. The molecule has 0 aliphatic rings. The van der Waals surface area contributed by atoms with Gasteiger partial charge in [0, 0.05) is 24.7 Å². The number of primary amides is 1. The summed E-state index contributed by atoms with van der Waals surface area (Å²) in [5.74, 6) is -1.59. The molecule has 2 amide bonds. The molecule has 0 fully saturated rings. The van der Waals surface area contributed by atoms with Crippen LogP contribution < -0.4 is 11.4 Å². The predicted molar refractivity (Wildman–Crippen MR) is 114 cm³/mol. The Balaban J connectivity index is 2.34. The largest absolute Gasteiger partial charge is 0.364 e. The number of likely N-dealkylation sites (N-methyl/N-ethyl adjacent to an activating group) is 1. The van der Waals surface area contributed by atoms with Crippen molar-refractivity contribution in [2.75, 3.05) is 13.1 Å². The number of rotatable bonds is 7. The average Bonchev–Trinajstić information content (AvgIpc) is 2.99. The molecule has 31 heavy (non-hydrogen) atoms. The van der Waals surface area contributed by atoms with Crippen LogP contribution in [0.2, 0.25) is 0 Å². The molecule has 10 heteroatoms. The molecular weight excluding hydrogens is 403 g/mol. The molecule has 0 saturated carbocycles. The predicted octanol–water partition coefficient (Wildman–Crippen LogP) is 1.95. The molecule has 2 aromatic heterocycles. The van der Waals surface area contributed by atoms with Gasteiger partial charge in [0.15, 0.2) is 17.2 Å². The number of fused-ring (bicyclic) bond motifs is 1. The normalized spacial score (nSPS) is 11.3. The molecule has 9 nitrogen and oxygen atoms in total. The number of amides is 2. The Labute approximate surface area is 178 Å². The topological polar surface area (TPSA) is 116 Å². The molecule has 0 atom stereocenters. The van der Waals surface area contributed by atoms with Crippen LogP contribution in [0.5, 0.6) is 0 Å². The quantitative estimate of drug-likeness (QED) is 0.617. The zero-order chi connectivity index (χ0) is 22.9. The summed E-state index contributed by atoms with van der Waals surface area (Å²) in [7, 11) is 0. The van der Waals surface area contributed by atoms with Gasteiger partial charge in [-0.25, -0.2) is 19.2 Å². The monoisotopic (exact) mass is 428 g/mol. The average molecular weight is 428 g/mol. The highest BCUT2D eigenvalue weighted by molar-refractivity contribution is 6.02. The van der Waals surface area contributed by atoms with Gasteiger partial charge in [-0.3, -0.25) is 18.7 Å². The first kappa shape index (κ1) is 22.1. The van der Waals surface area contributed by atoms with Crippen molar-refractivity contribution >= 4 is 23.0 Å². The van der Waals surface area contributed by atoms with E-state index in [0.717, 1.165) is 0 Å². The summed E-state index contributed by atoms with van der Waals surface area (Å²) in [6, 6.07) is 5.26. The lowest BCUT2D eigenvalue weighted by atomic mass is 10.2. The van der Waals surface area contributed by atoms with Gasteiger partial charge in [-0.05, 0) is 39.8 Å². The number of imidazole rings is 1. The third-order valence-electron chi connectivity index (χ3n) is 5.04. The van der Waals surface area contributed by atoms with Crippen molar-refractivity contribution in [2.24, 2.45) is 5.73 Å². The Morgan fingerprint density at radius 1 is 1.19 bits per heavy atom. The van der Waals surface area contributed by atoms with E-state index in [1.165, 1.54) is 27.3 Å². The van der Waals surface area contributed by atoms with Gasteiger partial charge in [0.1, 0.15) is 17.9 Å². The maximum absolute atomic E-state index is 13.7. The number of hydrogen-bond acceptors (Lipinski definition) is 5. The van der Waals surface area contributed by atoms with Crippen molar-refractivity contribution in [1.82, 2.24) is 24.0 Å². The molecule has 164 valence electrons. The maximum atomic E-state index is 13.7. The molecule has 0 spiro atoms. The molecule has 0 bridgehead atoms. The Kier molecular flexibility index (Phi) is 6.19. The Morgan fingerprint density at radius 3 is 2.42 bits per heavy atom. The minimum absolute atomic E-state index is 0.0578. The molecule has 0 saturated heterocycles. The summed E-state index contributed by atoms with van der Waals surface area (Å²) < 4.78 is 16.3. The molecule has 1 aromatic carbocycles. The molecule has 0 aliphatic heterocycles. The summed E-state index contributed by atoms with van der Waals surface area (Å²) in [5.41, 5.74) is 5.46. The fraction of sp³-hybridized carbons (Fsp3) is 0.381. The molecule has 0 aliphatic carbocycles. The summed E-state index contributed by atoms with van der Waals surface area (Å²) in [4.78, 5) is 48.5. The lowest BCUT2D eigenvalue weighted by Gasteiger charge is -2.18. The summed E-state index contributed by atoms with van der Waals surface area (Å²) in [6.45, 7) is 7.93. The Hall–Kier alpha value is -3.56. The van der Waals surface area contributed by atoms with Gasteiger partial charge in [-0.2, -0.15) is 0 Å². The number of carbonyl (C=O) groups excluding carboxylic acids is 2. The number of aromatic nitrogens is 4. The fourth-order valence-electron chi connectivity index (χ4n) is 3.53. The van der Waals surface area contributed by atoms with Crippen LogP contribution in [-0.2, 0) is 11.3 Å². The van der Waals surface area contributed by atoms with E-state index in [1.807, 2.05) is 13.8 Å². The number of carbonyl (C=O) groups is 2. The highest BCUT2D eigenvalue weighted by Crippen LogP contribution is 2.24. The maximum Gasteiger partial charge on any atom is 0.331 e. The van der Waals surface area contributed by atoms with E-state index in [4.69, 9.17) is 5.73 Å². The highest BCUT2D eigenvalue weighted by Gasteiger charge is 2.26. The Bertz CT molecular complexity index is 1210. The van der Waals surface area contributed by atoms with E-state index in [2.05, 4.69) is 9.97 Å². The zero-order valence-electron chi connectivity index (χ0n) is 17.9. The van der Waals surface area contributed by atoms with E-state index in [9.17, 15) is 18.8 Å². The molecule has 0 radical (unpaired) electrons. The van der Waals surface area contributed by atoms with Crippen molar-refractivity contribution < 1.29 is 14.0 Å². The SMILES string of the molecule is CCN(CC)C(=O)Cn1c(=O)n(C(C)C)c2nc(-c3cccc(F)c3)nc(C(N)=O)c21. The van der Waals surface area contributed by atoms with E-state index in [0.29, 0.717) is 18.7 Å².